The molecule has 0 aliphatic carbocycles. The third-order valence-electron chi connectivity index (χ3n) is 2.44. The van der Waals surface area contributed by atoms with Crippen LogP contribution in [0.15, 0.2) is 0 Å². The maximum atomic E-state index is 11.7. The number of rotatable bonds is 12. The van der Waals surface area contributed by atoms with E-state index in [-0.39, 0.29) is 6.67 Å². The Morgan fingerprint density at radius 1 is 0.800 bits per heavy atom. The number of hydrogen-bond acceptors (Lipinski definition) is 2. The Kier molecular flexibility index (Phi) is 12.9. The number of alkyl halides is 1. The number of hydrogen-bond donors (Lipinski definition) is 0. The van der Waals surface area contributed by atoms with Gasteiger partial charge in [0.05, 0.1) is 13.3 Å². The summed E-state index contributed by atoms with van der Waals surface area (Å²) in [6.07, 6.45) is 9.87. The van der Waals surface area contributed by atoms with E-state index in [4.69, 9.17) is 0 Å². The molecule has 0 fully saturated rings. The molecule has 0 aliphatic heterocycles. The minimum Gasteiger partial charge on any atom is -0.457 e. The van der Waals surface area contributed by atoms with Gasteiger partial charge in [-0.25, -0.2) is 4.79 Å². The summed E-state index contributed by atoms with van der Waals surface area (Å²) < 4.78 is 16.2. The fourth-order valence-electron chi connectivity index (χ4n) is 1.55. The van der Waals surface area contributed by atoms with Crippen molar-refractivity contribution in [1.29, 1.82) is 0 Å². The summed E-state index contributed by atoms with van der Waals surface area (Å²) >= 11 is 0. The van der Waals surface area contributed by atoms with Crippen LogP contribution in [0.1, 0.15) is 57.8 Å². The van der Waals surface area contributed by atoms with Gasteiger partial charge in [0, 0.05) is 0 Å². The van der Waals surface area contributed by atoms with E-state index in [0.717, 1.165) is 32.1 Å². The second-order valence-electron chi connectivity index (χ2n) is 3.80. The van der Waals surface area contributed by atoms with Crippen LogP contribution in [0.4, 0.5) is 4.39 Å². The third-order valence-corrected chi connectivity index (χ3v) is 2.44. The van der Waals surface area contributed by atoms with E-state index >= 15 is 0 Å². The molecule has 0 unspecified atom stereocenters. The highest BCUT2D eigenvalue weighted by Crippen LogP contribution is 2.09. The zero-order valence-electron chi connectivity index (χ0n) is 9.47. The smallest absolute Gasteiger partial charge is 0.417 e. The lowest BCUT2D eigenvalue weighted by Gasteiger charge is -2.01. The molecule has 0 bridgehead atoms. The van der Waals surface area contributed by atoms with E-state index in [1.807, 2.05) is 0 Å². The molecule has 0 rings (SSSR count). The molecule has 89 valence electrons. The summed E-state index contributed by atoms with van der Waals surface area (Å²) in [4.78, 5) is 9.69. The second-order valence-corrected chi connectivity index (χ2v) is 3.80. The molecule has 0 saturated heterocycles. The van der Waals surface area contributed by atoms with Crippen LogP contribution in [0.5, 0.6) is 0 Å². The van der Waals surface area contributed by atoms with Gasteiger partial charge in [-0.15, -0.1) is 0 Å². The monoisotopic (exact) mass is 217 g/mol. The van der Waals surface area contributed by atoms with Crippen LogP contribution >= 0.6 is 0 Å². The van der Waals surface area contributed by atoms with Gasteiger partial charge in [-0.05, 0) is 12.8 Å². The highest BCUT2D eigenvalue weighted by atomic mass is 19.1. The van der Waals surface area contributed by atoms with Crippen molar-refractivity contribution < 1.29 is 13.9 Å². The topological polar surface area (TPSA) is 26.3 Å². The van der Waals surface area contributed by atoms with Gasteiger partial charge in [0.25, 0.3) is 0 Å². The van der Waals surface area contributed by atoms with Crippen molar-refractivity contribution >= 4 is 6.47 Å². The van der Waals surface area contributed by atoms with Gasteiger partial charge in [0.1, 0.15) is 0 Å². The Hall–Kier alpha value is -0.600. The summed E-state index contributed by atoms with van der Waals surface area (Å²) in [6.45, 7) is 1.74. The Labute approximate surface area is 92.2 Å². The molecular formula is C12H22FO2. The van der Waals surface area contributed by atoms with Crippen molar-refractivity contribution in [3.05, 3.63) is 0 Å². The zero-order valence-corrected chi connectivity index (χ0v) is 9.47. The van der Waals surface area contributed by atoms with Crippen molar-refractivity contribution in [3.8, 4) is 0 Å². The summed E-state index contributed by atoms with van der Waals surface area (Å²) in [5, 5.41) is 0. The number of unbranched alkanes of at least 4 members (excludes halogenated alkanes) is 8. The van der Waals surface area contributed by atoms with Crippen LogP contribution in [0.3, 0.4) is 0 Å². The van der Waals surface area contributed by atoms with E-state index in [1.54, 1.807) is 0 Å². The molecule has 0 heterocycles. The number of halogens is 1. The second kappa shape index (κ2) is 13.4. The van der Waals surface area contributed by atoms with Crippen LogP contribution in [0.25, 0.3) is 0 Å². The molecule has 2 nitrogen and oxygen atoms in total. The average molecular weight is 217 g/mol. The fourth-order valence-corrected chi connectivity index (χ4v) is 1.55. The highest BCUT2D eigenvalue weighted by molar-refractivity contribution is 5.37. The third kappa shape index (κ3) is 13.4. The van der Waals surface area contributed by atoms with Gasteiger partial charge >= 0.3 is 6.47 Å². The van der Waals surface area contributed by atoms with Crippen molar-refractivity contribution in [2.75, 3.05) is 13.3 Å². The minimum atomic E-state index is -0.173. The highest BCUT2D eigenvalue weighted by Gasteiger charge is 1.92. The molecule has 0 aromatic heterocycles. The lowest BCUT2D eigenvalue weighted by Crippen LogP contribution is -1.91. The van der Waals surface area contributed by atoms with Gasteiger partial charge in [-0.2, -0.15) is 0 Å². The van der Waals surface area contributed by atoms with Crippen LogP contribution in [0.2, 0.25) is 0 Å². The quantitative estimate of drug-likeness (QED) is 0.467. The Balaban J connectivity index is 2.83. The normalized spacial score (nSPS) is 10.2. The SMILES string of the molecule is O=[C]OCCCCCCCCCCCF. The molecule has 3 heteroatoms. The molecule has 0 N–H and O–H groups in total. The summed E-state index contributed by atoms with van der Waals surface area (Å²) in [5.41, 5.74) is 0. The van der Waals surface area contributed by atoms with E-state index in [1.165, 1.54) is 32.2 Å². The predicted octanol–water partition coefficient (Wildman–Crippen LogP) is 3.55. The van der Waals surface area contributed by atoms with Gasteiger partial charge < -0.3 is 4.74 Å². The van der Waals surface area contributed by atoms with E-state index < -0.39 is 0 Å². The van der Waals surface area contributed by atoms with Crippen molar-refractivity contribution in [3.63, 3.8) is 0 Å². The number of ether oxygens (including phenoxy) is 1. The first-order valence-corrected chi connectivity index (χ1v) is 5.96. The Bertz CT molecular complexity index is 129. The minimum absolute atomic E-state index is 0.173. The zero-order chi connectivity index (χ0) is 11.2. The molecule has 1 radical (unpaired) electrons. The molecule has 0 aromatic carbocycles. The standard InChI is InChI=1S/C12H22FO2/c13-10-8-6-4-2-1-3-5-7-9-11-15-12-14/h1-11H2. The summed E-state index contributed by atoms with van der Waals surface area (Å²) in [7, 11) is 0. The van der Waals surface area contributed by atoms with Crippen LogP contribution < -0.4 is 0 Å². The molecule has 0 amide bonds. The van der Waals surface area contributed by atoms with Gasteiger partial charge in [0.15, 0.2) is 0 Å². The van der Waals surface area contributed by atoms with Crippen LogP contribution in [-0.4, -0.2) is 19.8 Å². The lowest BCUT2D eigenvalue weighted by atomic mass is 10.1. The average Bonchev–Trinajstić information content (AvgIpc) is 2.26. The largest absolute Gasteiger partial charge is 0.457 e. The Morgan fingerprint density at radius 2 is 1.27 bits per heavy atom. The molecule has 0 saturated carbocycles. The van der Waals surface area contributed by atoms with Crippen molar-refractivity contribution in [2.45, 2.75) is 57.8 Å². The molecule has 0 atom stereocenters. The first-order chi connectivity index (χ1) is 7.41. The molecule has 0 aliphatic rings. The maximum absolute atomic E-state index is 11.7. The summed E-state index contributed by atoms with van der Waals surface area (Å²) in [6, 6.07) is 0. The first kappa shape index (κ1) is 14.4. The van der Waals surface area contributed by atoms with Crippen molar-refractivity contribution in [1.82, 2.24) is 0 Å². The molecular weight excluding hydrogens is 195 g/mol. The Morgan fingerprint density at radius 3 is 1.73 bits per heavy atom. The molecule has 15 heavy (non-hydrogen) atoms. The van der Waals surface area contributed by atoms with Crippen molar-refractivity contribution in [2.24, 2.45) is 0 Å². The lowest BCUT2D eigenvalue weighted by molar-refractivity contribution is 0.268. The van der Waals surface area contributed by atoms with E-state index in [0.29, 0.717) is 6.61 Å². The predicted molar refractivity (Wildman–Crippen MR) is 59.2 cm³/mol. The first-order valence-electron chi connectivity index (χ1n) is 5.96. The van der Waals surface area contributed by atoms with Gasteiger partial charge in [-0.1, -0.05) is 44.9 Å². The molecule has 0 aromatic rings. The van der Waals surface area contributed by atoms with E-state index in [2.05, 4.69) is 4.74 Å². The maximum Gasteiger partial charge on any atom is 0.417 e. The summed E-state index contributed by atoms with van der Waals surface area (Å²) in [5.74, 6) is 0. The van der Waals surface area contributed by atoms with Gasteiger partial charge in [0.2, 0.25) is 0 Å². The number of carbonyl (C=O) groups excluding carboxylic acids is 1. The molecule has 0 spiro atoms. The van der Waals surface area contributed by atoms with Crippen LogP contribution in [-0.2, 0) is 9.53 Å². The van der Waals surface area contributed by atoms with E-state index in [9.17, 15) is 9.18 Å². The van der Waals surface area contributed by atoms with Crippen LogP contribution in [0, 0.1) is 0 Å². The van der Waals surface area contributed by atoms with Gasteiger partial charge in [-0.3, -0.25) is 4.39 Å². The fraction of sp³-hybridized carbons (Fsp3) is 0.917.